The lowest BCUT2D eigenvalue weighted by Gasteiger charge is -2.31. The summed E-state index contributed by atoms with van der Waals surface area (Å²) >= 11 is 0. The third-order valence-corrected chi connectivity index (χ3v) is 7.40. The first-order valence-corrected chi connectivity index (χ1v) is 12.3. The number of nitrogens with zero attached hydrogens (tertiary/aromatic N) is 2. The average Bonchev–Trinajstić information content (AvgIpc) is 3.40. The van der Waals surface area contributed by atoms with Gasteiger partial charge in [-0.3, -0.25) is 9.80 Å². The Morgan fingerprint density at radius 3 is 2.50 bits per heavy atom. The second-order valence-corrected chi connectivity index (χ2v) is 10.5. The summed E-state index contributed by atoms with van der Waals surface area (Å²) in [7, 11) is -3.31. The van der Waals surface area contributed by atoms with Crippen molar-refractivity contribution in [3.05, 3.63) is 41.7 Å². The van der Waals surface area contributed by atoms with Gasteiger partial charge in [-0.05, 0) is 55.9 Å². The monoisotopic (exact) mass is 431 g/mol. The fraction of sp³-hybridized carbons (Fsp3) is 0.524. The molecule has 1 heterocycles. The molecule has 3 N–H and O–H groups in total. The van der Waals surface area contributed by atoms with Crippen molar-refractivity contribution in [2.24, 2.45) is 5.92 Å². The molecule has 0 bridgehead atoms. The zero-order valence-electron chi connectivity index (χ0n) is 17.0. The zero-order valence-corrected chi connectivity index (χ0v) is 17.8. The van der Waals surface area contributed by atoms with Gasteiger partial charge >= 0.3 is 0 Å². The Hall–Kier alpha value is -2.57. The number of nitriles is 1. The molecule has 1 atom stereocenters. The van der Waals surface area contributed by atoms with Crippen LogP contribution in [0.3, 0.4) is 0 Å². The van der Waals surface area contributed by atoms with Gasteiger partial charge in [0.05, 0.1) is 22.7 Å². The van der Waals surface area contributed by atoms with Crippen molar-refractivity contribution in [2.45, 2.75) is 61.4 Å². The summed E-state index contributed by atoms with van der Waals surface area (Å²) in [5, 5.41) is 14.4. The van der Waals surface area contributed by atoms with Gasteiger partial charge in [-0.2, -0.15) is 5.26 Å². The maximum Gasteiger partial charge on any atom is 0.251 e. The number of rotatable bonds is 6. The number of benzene rings is 1. The van der Waals surface area contributed by atoms with E-state index in [0.29, 0.717) is 11.5 Å². The molecular formula is C21H29N5O3S. The Bertz CT molecular complexity index is 993. The normalized spacial score (nSPS) is 21.9. The lowest BCUT2D eigenvalue weighted by Crippen LogP contribution is -2.48. The van der Waals surface area contributed by atoms with Crippen LogP contribution in [0.4, 0.5) is 0 Å². The smallest absolute Gasteiger partial charge is 0.251 e. The SMILES string of the molecule is CS(=O)(=O)c1ccc(C(=O)N[C@H](C2=CN(C3(C#N)CC3)NN2)C2CCCCC2)cc1.[HH]. The molecular weight excluding hydrogens is 402 g/mol. The maximum absolute atomic E-state index is 13.0. The van der Waals surface area contributed by atoms with Gasteiger partial charge in [0.15, 0.2) is 9.84 Å². The van der Waals surface area contributed by atoms with Gasteiger partial charge in [-0.25, -0.2) is 8.42 Å². The minimum atomic E-state index is -3.31. The highest BCUT2D eigenvalue weighted by Crippen LogP contribution is 2.41. The standard InChI is InChI=1S/C21H27N5O3S.H2/c1-30(28,29)17-9-7-16(8-10-17)20(27)23-19(15-5-3-2-4-6-15)18-13-26(25-24-18)21(14-22)11-12-21;/h7-10,13,15,19,24-25H,2-6,11-12H2,1H3,(H,23,27);1H/t19-;/m0./s1. The highest BCUT2D eigenvalue weighted by molar-refractivity contribution is 7.90. The van der Waals surface area contributed by atoms with Gasteiger partial charge in [0.1, 0.15) is 5.54 Å². The van der Waals surface area contributed by atoms with E-state index in [1.807, 2.05) is 11.2 Å². The lowest BCUT2D eigenvalue weighted by atomic mass is 9.82. The molecule has 8 nitrogen and oxygen atoms in total. The second-order valence-electron chi connectivity index (χ2n) is 8.48. The summed E-state index contributed by atoms with van der Waals surface area (Å²) in [4.78, 5) is 13.1. The molecule has 162 valence electrons. The summed E-state index contributed by atoms with van der Waals surface area (Å²) in [6.07, 6.45) is 10.2. The molecule has 2 saturated carbocycles. The van der Waals surface area contributed by atoms with E-state index >= 15 is 0 Å². The number of carbonyl (C=O) groups is 1. The van der Waals surface area contributed by atoms with Crippen LogP contribution in [0, 0.1) is 17.2 Å². The van der Waals surface area contributed by atoms with E-state index < -0.39 is 15.4 Å². The fourth-order valence-electron chi connectivity index (χ4n) is 4.24. The molecule has 1 aliphatic heterocycles. The van der Waals surface area contributed by atoms with E-state index in [-0.39, 0.29) is 18.3 Å². The number of hydrazine groups is 2. The highest BCUT2D eigenvalue weighted by Gasteiger charge is 2.50. The summed E-state index contributed by atoms with van der Waals surface area (Å²) in [5.41, 5.74) is 7.00. The van der Waals surface area contributed by atoms with Gasteiger partial charge < -0.3 is 10.7 Å². The van der Waals surface area contributed by atoms with E-state index in [1.54, 1.807) is 12.1 Å². The van der Waals surface area contributed by atoms with Crippen LogP contribution >= 0.6 is 0 Å². The van der Waals surface area contributed by atoms with Gasteiger partial charge in [0.2, 0.25) is 0 Å². The van der Waals surface area contributed by atoms with Crippen LogP contribution in [0.15, 0.2) is 41.1 Å². The van der Waals surface area contributed by atoms with Crippen LogP contribution in [0.25, 0.3) is 0 Å². The molecule has 1 amide bonds. The highest BCUT2D eigenvalue weighted by atomic mass is 32.2. The number of hydrogen-bond acceptors (Lipinski definition) is 7. The molecule has 0 aromatic heterocycles. The number of nitrogens with one attached hydrogen (secondary N) is 3. The Morgan fingerprint density at radius 1 is 1.27 bits per heavy atom. The van der Waals surface area contributed by atoms with Crippen LogP contribution in [0.1, 0.15) is 56.7 Å². The average molecular weight is 432 g/mol. The summed E-state index contributed by atoms with van der Waals surface area (Å²) in [6.45, 7) is 0. The quantitative estimate of drug-likeness (QED) is 0.633. The summed E-state index contributed by atoms with van der Waals surface area (Å²) in [6, 6.07) is 8.15. The van der Waals surface area contributed by atoms with Crippen molar-refractivity contribution in [3.63, 3.8) is 0 Å². The maximum atomic E-state index is 13.0. The van der Waals surface area contributed by atoms with Crippen molar-refractivity contribution >= 4 is 15.7 Å². The Labute approximate surface area is 178 Å². The van der Waals surface area contributed by atoms with Crippen molar-refractivity contribution in [2.75, 3.05) is 6.26 Å². The van der Waals surface area contributed by atoms with E-state index in [2.05, 4.69) is 22.3 Å². The second kappa shape index (κ2) is 7.93. The molecule has 0 unspecified atom stereocenters. The van der Waals surface area contributed by atoms with Crippen LogP contribution in [-0.4, -0.2) is 37.2 Å². The Balaban J connectivity index is 0.00000272. The molecule has 9 heteroatoms. The molecule has 2 fully saturated rings. The third kappa shape index (κ3) is 4.16. The van der Waals surface area contributed by atoms with E-state index in [1.165, 1.54) is 18.6 Å². The number of carbonyl (C=O) groups excluding carboxylic acids is 1. The van der Waals surface area contributed by atoms with Crippen molar-refractivity contribution in [1.82, 2.24) is 21.3 Å². The summed E-state index contributed by atoms with van der Waals surface area (Å²) < 4.78 is 23.3. The van der Waals surface area contributed by atoms with Crippen LogP contribution in [-0.2, 0) is 9.84 Å². The van der Waals surface area contributed by atoms with E-state index in [0.717, 1.165) is 50.5 Å². The predicted molar refractivity (Wildman–Crippen MR) is 113 cm³/mol. The van der Waals surface area contributed by atoms with Crippen molar-refractivity contribution < 1.29 is 14.6 Å². The van der Waals surface area contributed by atoms with Crippen LogP contribution < -0.4 is 16.3 Å². The summed E-state index contributed by atoms with van der Waals surface area (Å²) in [5.74, 6) is 0.0592. The van der Waals surface area contributed by atoms with Gasteiger partial charge in [0.25, 0.3) is 5.91 Å². The minimum Gasteiger partial charge on any atom is -0.343 e. The molecule has 1 aromatic carbocycles. The first-order chi connectivity index (χ1) is 14.3. The number of amides is 1. The lowest BCUT2D eigenvalue weighted by molar-refractivity contribution is 0.0921. The molecule has 0 spiro atoms. The fourth-order valence-corrected chi connectivity index (χ4v) is 4.87. The Kier molecular flexibility index (Phi) is 5.47. The molecule has 1 aromatic rings. The zero-order chi connectivity index (χ0) is 21.4. The first-order valence-electron chi connectivity index (χ1n) is 10.4. The molecule has 2 aliphatic carbocycles. The first kappa shape index (κ1) is 20.7. The van der Waals surface area contributed by atoms with Gasteiger partial charge in [-0.15, -0.1) is 5.53 Å². The predicted octanol–water partition coefficient (Wildman–Crippen LogP) is 2.24. The largest absolute Gasteiger partial charge is 0.343 e. The molecule has 0 radical (unpaired) electrons. The van der Waals surface area contributed by atoms with E-state index in [4.69, 9.17) is 0 Å². The molecule has 0 saturated heterocycles. The molecule has 4 rings (SSSR count). The van der Waals surface area contributed by atoms with Crippen molar-refractivity contribution in [1.29, 1.82) is 5.26 Å². The number of hydrogen-bond donors (Lipinski definition) is 3. The third-order valence-electron chi connectivity index (χ3n) is 6.27. The van der Waals surface area contributed by atoms with Gasteiger partial charge in [0, 0.05) is 19.4 Å². The van der Waals surface area contributed by atoms with Crippen LogP contribution in [0.2, 0.25) is 0 Å². The molecule has 30 heavy (non-hydrogen) atoms. The van der Waals surface area contributed by atoms with Crippen molar-refractivity contribution in [3.8, 4) is 6.07 Å². The topological polar surface area (TPSA) is 114 Å². The van der Waals surface area contributed by atoms with Gasteiger partial charge in [-0.1, -0.05) is 19.3 Å². The minimum absolute atomic E-state index is 0. The Morgan fingerprint density at radius 2 is 1.93 bits per heavy atom. The van der Waals surface area contributed by atoms with E-state index in [9.17, 15) is 18.5 Å². The molecule has 3 aliphatic rings. The number of sulfone groups is 1. The van der Waals surface area contributed by atoms with Crippen LogP contribution in [0.5, 0.6) is 0 Å².